The second kappa shape index (κ2) is 8.33. The van der Waals surface area contributed by atoms with Crippen LogP contribution in [0, 0.1) is 0 Å². The lowest BCUT2D eigenvalue weighted by Crippen LogP contribution is -2.35. The van der Waals surface area contributed by atoms with Crippen LogP contribution in [-0.4, -0.2) is 46.7 Å². The van der Waals surface area contributed by atoms with Crippen LogP contribution in [0.4, 0.5) is 10.5 Å². The number of carbonyl (C=O) groups excluding carboxylic acids is 2. The molecule has 0 saturated carbocycles. The molecule has 1 aromatic heterocycles. The summed E-state index contributed by atoms with van der Waals surface area (Å²) >= 11 is 0. The van der Waals surface area contributed by atoms with Crippen molar-refractivity contribution in [1.29, 1.82) is 0 Å². The second-order valence-corrected chi connectivity index (χ2v) is 7.65. The van der Waals surface area contributed by atoms with Crippen LogP contribution >= 0.6 is 0 Å². The standard InChI is InChI=1S/C19H19N3O7S/c1-27-12-8-11(9-13(10-12)28-2)20-19(24)22-30(25,26)17-14-6-4-5-7-15(14)21-16(17)18(23)29-3/h4-10,21H,1-3H3,(H2,20,22,24). The number of benzene rings is 2. The molecule has 0 unspecified atom stereocenters. The number of para-hydroxylation sites is 1. The predicted molar refractivity (Wildman–Crippen MR) is 109 cm³/mol. The first-order valence-corrected chi connectivity index (χ1v) is 10.0. The van der Waals surface area contributed by atoms with Crippen molar-refractivity contribution in [2.45, 2.75) is 4.90 Å². The normalized spacial score (nSPS) is 11.0. The number of hydrogen-bond donors (Lipinski definition) is 3. The lowest BCUT2D eigenvalue weighted by molar-refractivity contribution is 0.0590. The van der Waals surface area contributed by atoms with Gasteiger partial charge in [0, 0.05) is 34.8 Å². The molecule has 30 heavy (non-hydrogen) atoms. The van der Waals surface area contributed by atoms with E-state index in [0.717, 1.165) is 7.11 Å². The highest BCUT2D eigenvalue weighted by atomic mass is 32.2. The predicted octanol–water partition coefficient (Wildman–Crippen LogP) is 2.48. The van der Waals surface area contributed by atoms with Crippen molar-refractivity contribution in [2.24, 2.45) is 0 Å². The fourth-order valence-electron chi connectivity index (χ4n) is 2.85. The summed E-state index contributed by atoms with van der Waals surface area (Å²) in [5.74, 6) is -0.0845. The van der Waals surface area contributed by atoms with Gasteiger partial charge in [0.2, 0.25) is 0 Å². The molecule has 10 nitrogen and oxygen atoms in total. The molecule has 3 N–H and O–H groups in total. The van der Waals surface area contributed by atoms with E-state index in [1.165, 1.54) is 32.4 Å². The second-order valence-electron chi connectivity index (χ2n) is 6.03. The number of aromatic amines is 1. The van der Waals surface area contributed by atoms with Crippen molar-refractivity contribution in [3.63, 3.8) is 0 Å². The van der Waals surface area contributed by atoms with E-state index in [1.807, 2.05) is 4.72 Å². The number of aromatic nitrogens is 1. The lowest BCUT2D eigenvalue weighted by atomic mass is 10.2. The van der Waals surface area contributed by atoms with Crippen LogP contribution < -0.4 is 19.5 Å². The number of urea groups is 1. The van der Waals surface area contributed by atoms with E-state index in [1.54, 1.807) is 24.3 Å². The summed E-state index contributed by atoms with van der Waals surface area (Å²) in [6, 6.07) is 9.92. The van der Waals surface area contributed by atoms with Crippen LogP contribution in [0.25, 0.3) is 10.9 Å². The average molecular weight is 433 g/mol. The number of hydrogen-bond acceptors (Lipinski definition) is 7. The van der Waals surface area contributed by atoms with Crippen molar-refractivity contribution in [1.82, 2.24) is 9.71 Å². The maximum absolute atomic E-state index is 12.9. The molecule has 11 heteroatoms. The molecule has 0 radical (unpaired) electrons. The zero-order valence-electron chi connectivity index (χ0n) is 16.3. The van der Waals surface area contributed by atoms with Crippen LogP contribution in [0.2, 0.25) is 0 Å². The summed E-state index contributed by atoms with van der Waals surface area (Å²) in [5, 5.41) is 2.64. The first kappa shape index (κ1) is 21.0. The van der Waals surface area contributed by atoms with Gasteiger partial charge < -0.3 is 24.5 Å². The van der Waals surface area contributed by atoms with E-state index in [2.05, 4.69) is 15.0 Å². The number of amides is 2. The van der Waals surface area contributed by atoms with Crippen LogP contribution in [0.15, 0.2) is 47.4 Å². The number of methoxy groups -OCH3 is 3. The summed E-state index contributed by atoms with van der Waals surface area (Å²) in [5.41, 5.74) is 0.351. The Labute approximate surface area is 172 Å². The minimum Gasteiger partial charge on any atom is -0.497 e. The van der Waals surface area contributed by atoms with Gasteiger partial charge in [-0.3, -0.25) is 0 Å². The molecule has 0 saturated heterocycles. The Morgan fingerprint density at radius 3 is 2.20 bits per heavy atom. The highest BCUT2D eigenvalue weighted by molar-refractivity contribution is 7.90. The molecule has 0 aliphatic rings. The number of carbonyl (C=O) groups is 2. The van der Waals surface area contributed by atoms with Crippen molar-refractivity contribution in [3.8, 4) is 11.5 Å². The van der Waals surface area contributed by atoms with Gasteiger partial charge in [0.15, 0.2) is 0 Å². The highest BCUT2D eigenvalue weighted by Gasteiger charge is 2.30. The SMILES string of the molecule is COC(=O)c1[nH]c2ccccc2c1S(=O)(=O)NC(=O)Nc1cc(OC)cc(OC)c1. The minimum atomic E-state index is -4.44. The zero-order chi connectivity index (χ0) is 21.9. The van der Waals surface area contributed by atoms with E-state index >= 15 is 0 Å². The fourth-order valence-corrected chi connectivity index (χ4v) is 4.12. The van der Waals surface area contributed by atoms with Gasteiger partial charge in [0.1, 0.15) is 22.1 Å². The number of nitrogens with one attached hydrogen (secondary N) is 3. The average Bonchev–Trinajstić information content (AvgIpc) is 3.12. The molecule has 0 spiro atoms. The van der Waals surface area contributed by atoms with Gasteiger partial charge in [0.05, 0.1) is 21.3 Å². The highest BCUT2D eigenvalue weighted by Crippen LogP contribution is 2.28. The van der Waals surface area contributed by atoms with Gasteiger partial charge in [-0.2, -0.15) is 0 Å². The van der Waals surface area contributed by atoms with Gasteiger partial charge in [0.25, 0.3) is 10.0 Å². The Kier molecular flexibility index (Phi) is 5.83. The first-order valence-electron chi connectivity index (χ1n) is 8.55. The molecule has 0 atom stereocenters. The quantitative estimate of drug-likeness (QED) is 0.508. The van der Waals surface area contributed by atoms with Gasteiger partial charge in [-0.25, -0.2) is 22.7 Å². The number of esters is 1. The molecule has 0 fully saturated rings. The molecule has 0 bridgehead atoms. The van der Waals surface area contributed by atoms with Crippen LogP contribution in [0.5, 0.6) is 11.5 Å². The van der Waals surface area contributed by atoms with Gasteiger partial charge in [-0.15, -0.1) is 0 Å². The third kappa shape index (κ3) is 4.15. The number of H-pyrrole nitrogens is 1. The largest absolute Gasteiger partial charge is 0.497 e. The van der Waals surface area contributed by atoms with Gasteiger partial charge in [-0.1, -0.05) is 18.2 Å². The monoisotopic (exact) mass is 433 g/mol. The summed E-state index contributed by atoms with van der Waals surface area (Å²) < 4.78 is 42.7. The van der Waals surface area contributed by atoms with E-state index in [-0.39, 0.29) is 21.7 Å². The van der Waals surface area contributed by atoms with Crippen molar-refractivity contribution in [2.75, 3.05) is 26.6 Å². The molecule has 1 heterocycles. The first-order chi connectivity index (χ1) is 14.3. The number of fused-ring (bicyclic) bond motifs is 1. The Morgan fingerprint density at radius 2 is 1.60 bits per heavy atom. The number of ether oxygens (including phenoxy) is 3. The number of sulfonamides is 1. The van der Waals surface area contributed by atoms with Crippen molar-refractivity contribution < 1.29 is 32.2 Å². The maximum atomic E-state index is 12.9. The topological polar surface area (TPSA) is 136 Å². The molecule has 0 aliphatic heterocycles. The molecular weight excluding hydrogens is 414 g/mol. The Hall–Kier alpha value is -3.73. The number of rotatable bonds is 6. The third-order valence-electron chi connectivity index (χ3n) is 4.15. The van der Waals surface area contributed by atoms with Gasteiger partial charge >= 0.3 is 12.0 Å². The summed E-state index contributed by atoms with van der Waals surface area (Å²) in [6.07, 6.45) is 0. The lowest BCUT2D eigenvalue weighted by Gasteiger charge is -2.11. The van der Waals surface area contributed by atoms with Crippen molar-refractivity contribution >= 4 is 38.6 Å². The van der Waals surface area contributed by atoms with E-state index in [4.69, 9.17) is 9.47 Å². The molecule has 2 amide bonds. The molecule has 3 aromatic rings. The Bertz CT molecular complexity index is 1200. The molecular formula is C19H19N3O7S. The van der Waals surface area contributed by atoms with Crippen LogP contribution in [0.3, 0.4) is 0 Å². The summed E-state index contributed by atoms with van der Waals surface area (Å²) in [6.45, 7) is 0. The smallest absolute Gasteiger partial charge is 0.355 e. The Morgan fingerprint density at radius 1 is 0.967 bits per heavy atom. The Balaban J connectivity index is 1.94. The molecule has 2 aromatic carbocycles. The zero-order valence-corrected chi connectivity index (χ0v) is 17.1. The number of anilines is 1. The molecule has 3 rings (SSSR count). The van der Waals surface area contributed by atoms with E-state index in [0.29, 0.717) is 17.0 Å². The fraction of sp³-hybridized carbons (Fsp3) is 0.158. The minimum absolute atomic E-state index is 0.237. The van der Waals surface area contributed by atoms with E-state index in [9.17, 15) is 18.0 Å². The third-order valence-corrected chi connectivity index (χ3v) is 5.57. The van der Waals surface area contributed by atoms with Gasteiger partial charge in [-0.05, 0) is 6.07 Å². The van der Waals surface area contributed by atoms with E-state index < -0.39 is 22.0 Å². The maximum Gasteiger partial charge on any atom is 0.355 e. The molecule has 0 aliphatic carbocycles. The molecule has 158 valence electrons. The van der Waals surface area contributed by atoms with Crippen molar-refractivity contribution in [3.05, 3.63) is 48.2 Å². The summed E-state index contributed by atoms with van der Waals surface area (Å²) in [7, 11) is -0.433. The van der Waals surface area contributed by atoms with Crippen LogP contribution in [0.1, 0.15) is 10.5 Å². The van der Waals surface area contributed by atoms with Crippen LogP contribution in [-0.2, 0) is 14.8 Å². The summed E-state index contributed by atoms with van der Waals surface area (Å²) in [4.78, 5) is 26.8.